The molecule has 1 amide bonds. The zero-order chi connectivity index (χ0) is 21.2. The highest BCUT2D eigenvalue weighted by Crippen LogP contribution is 2.42. The van der Waals surface area contributed by atoms with Gasteiger partial charge in [0.2, 0.25) is 5.91 Å². The van der Waals surface area contributed by atoms with Crippen molar-refractivity contribution in [3.05, 3.63) is 40.4 Å². The van der Waals surface area contributed by atoms with Crippen LogP contribution in [0.3, 0.4) is 0 Å². The highest BCUT2D eigenvalue weighted by atomic mass is 32.2. The van der Waals surface area contributed by atoms with Crippen LogP contribution in [0.25, 0.3) is 0 Å². The lowest BCUT2D eigenvalue weighted by Crippen LogP contribution is -2.39. The van der Waals surface area contributed by atoms with Gasteiger partial charge in [-0.15, -0.1) is 0 Å². The number of benzene rings is 1. The van der Waals surface area contributed by atoms with Gasteiger partial charge in [-0.05, 0) is 19.4 Å². The van der Waals surface area contributed by atoms with E-state index in [1.807, 2.05) is 19.9 Å². The van der Waals surface area contributed by atoms with Crippen LogP contribution in [-0.4, -0.2) is 30.8 Å². The summed E-state index contributed by atoms with van der Waals surface area (Å²) in [4.78, 5) is 24.5. The average molecular weight is 413 g/mol. The molecule has 2 rings (SSSR count). The monoisotopic (exact) mass is 413 g/mol. The van der Waals surface area contributed by atoms with Crippen molar-refractivity contribution in [3.8, 4) is 17.9 Å². The van der Waals surface area contributed by atoms with Crippen LogP contribution in [0.1, 0.15) is 38.2 Å². The van der Waals surface area contributed by atoms with E-state index in [9.17, 15) is 20.1 Å². The summed E-state index contributed by atoms with van der Waals surface area (Å²) in [6, 6.07) is 11.2. The average Bonchev–Trinajstić information content (AvgIpc) is 2.72. The number of nitrogens with zero attached hydrogens (tertiary/aromatic N) is 2. The van der Waals surface area contributed by atoms with Crippen LogP contribution >= 0.6 is 11.8 Å². The first-order valence-electron chi connectivity index (χ1n) is 9.42. The number of amides is 1. The summed E-state index contributed by atoms with van der Waals surface area (Å²) >= 11 is 1.03. The smallest absolute Gasteiger partial charge is 0.316 e. The standard InChI is InChI=1S/C21H23N3O4S/c1-3-5-10-28-18(25)13-29-21-16(12-23)19(15(11-22)20(26)24-21)14-8-6-7-9-17(14)27-4-2/h6-9,15,19H,3-5,10,13H2,1-2H3,(H,24,26)/t15-,19-/m1/s1. The molecule has 0 saturated carbocycles. The van der Waals surface area contributed by atoms with Crippen molar-refractivity contribution in [1.29, 1.82) is 10.5 Å². The number of thioether (sulfide) groups is 1. The molecule has 0 unspecified atom stereocenters. The summed E-state index contributed by atoms with van der Waals surface area (Å²) in [5.41, 5.74) is 0.825. The summed E-state index contributed by atoms with van der Waals surface area (Å²) in [5, 5.41) is 22.3. The number of carbonyl (C=O) groups excluding carboxylic acids is 2. The summed E-state index contributed by atoms with van der Waals surface area (Å²) in [6.45, 7) is 4.58. The molecule has 29 heavy (non-hydrogen) atoms. The molecule has 0 fully saturated rings. The van der Waals surface area contributed by atoms with Crippen molar-refractivity contribution in [2.45, 2.75) is 32.6 Å². The van der Waals surface area contributed by atoms with Gasteiger partial charge in [-0.1, -0.05) is 43.3 Å². The van der Waals surface area contributed by atoms with Crippen LogP contribution in [0.2, 0.25) is 0 Å². The molecule has 8 heteroatoms. The number of ether oxygens (including phenoxy) is 2. The van der Waals surface area contributed by atoms with Gasteiger partial charge in [-0.3, -0.25) is 9.59 Å². The minimum absolute atomic E-state index is 0.0401. The van der Waals surface area contributed by atoms with Gasteiger partial charge in [0.25, 0.3) is 0 Å². The molecule has 1 N–H and O–H groups in total. The molecule has 1 aromatic rings. The highest BCUT2D eigenvalue weighted by molar-refractivity contribution is 8.03. The Morgan fingerprint density at radius 2 is 2.03 bits per heavy atom. The van der Waals surface area contributed by atoms with Crippen LogP contribution in [0.5, 0.6) is 5.75 Å². The van der Waals surface area contributed by atoms with Crippen LogP contribution in [-0.2, 0) is 14.3 Å². The summed E-state index contributed by atoms with van der Waals surface area (Å²) in [6.07, 6.45) is 1.69. The number of hydrogen-bond acceptors (Lipinski definition) is 7. The maximum absolute atomic E-state index is 12.6. The molecule has 2 atom stereocenters. The second kappa shape index (κ2) is 11.1. The van der Waals surface area contributed by atoms with Gasteiger partial charge in [0, 0.05) is 5.56 Å². The fourth-order valence-electron chi connectivity index (χ4n) is 2.95. The number of carbonyl (C=O) groups is 2. The zero-order valence-corrected chi connectivity index (χ0v) is 17.3. The number of allylic oxidation sites excluding steroid dienone is 1. The van der Waals surface area contributed by atoms with E-state index < -0.39 is 23.7 Å². The third-order valence-corrected chi connectivity index (χ3v) is 5.31. The third-order valence-electron chi connectivity index (χ3n) is 4.32. The lowest BCUT2D eigenvalue weighted by molar-refractivity contribution is -0.140. The Morgan fingerprint density at radius 1 is 1.28 bits per heavy atom. The lowest BCUT2D eigenvalue weighted by atomic mass is 9.79. The molecule has 0 aliphatic carbocycles. The molecule has 1 aliphatic heterocycles. The van der Waals surface area contributed by atoms with Crippen molar-refractivity contribution in [2.75, 3.05) is 19.0 Å². The van der Waals surface area contributed by atoms with Gasteiger partial charge >= 0.3 is 5.97 Å². The maximum Gasteiger partial charge on any atom is 0.316 e. The number of unbranched alkanes of at least 4 members (excludes halogenated alkanes) is 1. The van der Waals surface area contributed by atoms with Crippen LogP contribution < -0.4 is 10.1 Å². The third kappa shape index (κ3) is 5.52. The Balaban J connectivity index is 2.36. The molecule has 0 radical (unpaired) electrons. The van der Waals surface area contributed by atoms with Crippen molar-refractivity contribution >= 4 is 23.6 Å². The maximum atomic E-state index is 12.6. The largest absolute Gasteiger partial charge is 0.494 e. The number of nitriles is 2. The molecule has 7 nitrogen and oxygen atoms in total. The molecule has 0 spiro atoms. The molecule has 1 aromatic carbocycles. The van der Waals surface area contributed by atoms with Gasteiger partial charge in [0.05, 0.1) is 47.6 Å². The molecule has 0 bridgehead atoms. The first kappa shape index (κ1) is 22.3. The number of esters is 1. The molecule has 0 saturated heterocycles. The number of hydrogen-bond donors (Lipinski definition) is 1. The van der Waals surface area contributed by atoms with Crippen LogP contribution in [0.15, 0.2) is 34.9 Å². The molecular weight excluding hydrogens is 390 g/mol. The summed E-state index contributed by atoms with van der Waals surface area (Å²) < 4.78 is 10.8. The fourth-order valence-corrected chi connectivity index (χ4v) is 3.79. The van der Waals surface area contributed by atoms with E-state index in [0.717, 1.165) is 24.6 Å². The predicted octanol–water partition coefficient (Wildman–Crippen LogP) is 3.25. The van der Waals surface area contributed by atoms with Crippen molar-refractivity contribution in [2.24, 2.45) is 5.92 Å². The molecule has 1 aliphatic rings. The van der Waals surface area contributed by atoms with E-state index >= 15 is 0 Å². The fraction of sp³-hybridized carbons (Fsp3) is 0.429. The van der Waals surface area contributed by atoms with Gasteiger partial charge in [0.15, 0.2) is 0 Å². The van der Waals surface area contributed by atoms with Crippen molar-refractivity contribution in [3.63, 3.8) is 0 Å². The van der Waals surface area contributed by atoms with E-state index in [-0.39, 0.29) is 16.4 Å². The first-order valence-corrected chi connectivity index (χ1v) is 10.4. The van der Waals surface area contributed by atoms with Gasteiger partial charge in [-0.2, -0.15) is 10.5 Å². The minimum atomic E-state index is -1.08. The Bertz CT molecular complexity index is 869. The van der Waals surface area contributed by atoms with E-state index in [0.29, 0.717) is 24.5 Å². The second-order valence-corrected chi connectivity index (χ2v) is 7.25. The molecule has 0 aromatic heterocycles. The van der Waals surface area contributed by atoms with E-state index in [2.05, 4.69) is 11.4 Å². The number of para-hydroxylation sites is 1. The van der Waals surface area contributed by atoms with E-state index in [4.69, 9.17) is 9.47 Å². The predicted molar refractivity (Wildman–Crippen MR) is 109 cm³/mol. The number of nitrogens with one attached hydrogen (secondary N) is 1. The van der Waals surface area contributed by atoms with Crippen LogP contribution in [0.4, 0.5) is 0 Å². The second-order valence-electron chi connectivity index (χ2n) is 6.26. The first-order chi connectivity index (χ1) is 14.1. The lowest BCUT2D eigenvalue weighted by Gasteiger charge is -2.29. The molecule has 1 heterocycles. The van der Waals surface area contributed by atoms with E-state index in [1.165, 1.54) is 0 Å². The normalized spacial score (nSPS) is 18.4. The van der Waals surface area contributed by atoms with Crippen molar-refractivity contribution in [1.82, 2.24) is 5.32 Å². The van der Waals surface area contributed by atoms with E-state index in [1.54, 1.807) is 24.3 Å². The number of rotatable bonds is 9. The summed E-state index contributed by atoms with van der Waals surface area (Å²) in [7, 11) is 0. The Morgan fingerprint density at radius 3 is 2.69 bits per heavy atom. The van der Waals surface area contributed by atoms with Gasteiger partial charge in [-0.25, -0.2) is 0 Å². The Hall–Kier alpha value is -2.97. The quantitative estimate of drug-likeness (QED) is 0.488. The van der Waals surface area contributed by atoms with Crippen LogP contribution in [0, 0.1) is 28.6 Å². The topological polar surface area (TPSA) is 112 Å². The van der Waals surface area contributed by atoms with Gasteiger partial charge < -0.3 is 14.8 Å². The highest BCUT2D eigenvalue weighted by Gasteiger charge is 2.40. The zero-order valence-electron chi connectivity index (χ0n) is 16.4. The van der Waals surface area contributed by atoms with Crippen molar-refractivity contribution < 1.29 is 19.1 Å². The van der Waals surface area contributed by atoms with Gasteiger partial charge in [0.1, 0.15) is 11.7 Å². The Kier molecular flexibility index (Phi) is 8.57. The SMILES string of the molecule is CCCCOC(=O)CSC1=C(C#N)[C@H](c2ccccc2OCC)[C@@H](C#N)C(=O)N1. The Labute approximate surface area is 174 Å². The molecular formula is C21H23N3O4S. The minimum Gasteiger partial charge on any atom is -0.494 e. The molecule has 152 valence electrons. The summed E-state index contributed by atoms with van der Waals surface area (Å²) in [5.74, 6) is -2.30.